The third-order valence-corrected chi connectivity index (χ3v) is 5.89. The lowest BCUT2D eigenvalue weighted by Gasteiger charge is -2.09. The maximum absolute atomic E-state index is 12.4. The molecule has 6 nitrogen and oxygen atoms in total. The van der Waals surface area contributed by atoms with Crippen LogP contribution >= 0.6 is 22.9 Å². The number of aryl methyl sites for hydroxylation is 2. The van der Waals surface area contributed by atoms with Crippen LogP contribution in [0.1, 0.15) is 49.0 Å². The normalized spacial score (nSPS) is 12.4. The lowest BCUT2D eigenvalue weighted by atomic mass is 10.2. The standard InChI is InChI=1S/C21H24ClN5OS/c1-4-5-12-27-20(22)17(14(2)26-27)6-7-19(28)24-15(3)21-25-18(13-29-21)16-8-10-23-11-9-16/h6-11,13,15H,4-5,12H2,1-3H3,(H,24,28). The molecule has 1 amide bonds. The van der Waals surface area contributed by atoms with Gasteiger partial charge in [-0.3, -0.25) is 14.5 Å². The predicted octanol–water partition coefficient (Wildman–Crippen LogP) is 5.05. The lowest BCUT2D eigenvalue weighted by molar-refractivity contribution is -0.117. The van der Waals surface area contributed by atoms with Crippen molar-refractivity contribution in [1.29, 1.82) is 0 Å². The van der Waals surface area contributed by atoms with Gasteiger partial charge in [-0.2, -0.15) is 5.10 Å². The van der Waals surface area contributed by atoms with E-state index in [1.165, 1.54) is 17.4 Å². The molecule has 1 atom stereocenters. The third kappa shape index (κ3) is 5.31. The van der Waals surface area contributed by atoms with Gasteiger partial charge in [0.2, 0.25) is 5.91 Å². The quantitative estimate of drug-likeness (QED) is 0.508. The number of rotatable bonds is 8. The van der Waals surface area contributed by atoms with Crippen molar-refractivity contribution >= 4 is 34.9 Å². The van der Waals surface area contributed by atoms with Crippen molar-refractivity contribution < 1.29 is 4.79 Å². The van der Waals surface area contributed by atoms with Gasteiger partial charge in [-0.05, 0) is 38.5 Å². The molecule has 0 aliphatic heterocycles. The van der Waals surface area contributed by atoms with E-state index in [1.807, 2.05) is 31.4 Å². The predicted molar refractivity (Wildman–Crippen MR) is 118 cm³/mol. The summed E-state index contributed by atoms with van der Waals surface area (Å²) >= 11 is 7.94. The van der Waals surface area contributed by atoms with Gasteiger partial charge >= 0.3 is 0 Å². The highest BCUT2D eigenvalue weighted by Gasteiger charge is 2.14. The largest absolute Gasteiger partial charge is 0.344 e. The average molecular weight is 430 g/mol. The van der Waals surface area contributed by atoms with E-state index < -0.39 is 0 Å². The van der Waals surface area contributed by atoms with E-state index in [9.17, 15) is 4.79 Å². The summed E-state index contributed by atoms with van der Waals surface area (Å²) in [5, 5.41) is 10.8. The number of nitrogens with zero attached hydrogens (tertiary/aromatic N) is 4. The number of thiazole rings is 1. The van der Waals surface area contributed by atoms with Crippen molar-refractivity contribution in [3.63, 3.8) is 0 Å². The molecule has 152 valence electrons. The van der Waals surface area contributed by atoms with Crippen LogP contribution in [-0.2, 0) is 11.3 Å². The van der Waals surface area contributed by atoms with Crippen LogP contribution in [0.4, 0.5) is 0 Å². The Labute approximate surface area is 179 Å². The second kappa shape index (κ2) is 9.80. The van der Waals surface area contributed by atoms with Crippen LogP contribution in [0.25, 0.3) is 17.3 Å². The van der Waals surface area contributed by atoms with Crippen LogP contribution in [0.2, 0.25) is 5.15 Å². The summed E-state index contributed by atoms with van der Waals surface area (Å²) in [5.41, 5.74) is 3.47. The Morgan fingerprint density at radius 3 is 2.86 bits per heavy atom. The monoisotopic (exact) mass is 429 g/mol. The molecule has 0 bridgehead atoms. The second-order valence-electron chi connectivity index (χ2n) is 6.74. The number of halogens is 1. The Morgan fingerprint density at radius 1 is 1.38 bits per heavy atom. The number of carbonyl (C=O) groups is 1. The average Bonchev–Trinajstić information content (AvgIpc) is 3.31. The fraction of sp³-hybridized carbons (Fsp3) is 0.333. The van der Waals surface area contributed by atoms with Crippen molar-refractivity contribution in [1.82, 2.24) is 25.1 Å². The van der Waals surface area contributed by atoms with Crippen LogP contribution in [0.3, 0.4) is 0 Å². The smallest absolute Gasteiger partial charge is 0.244 e. The van der Waals surface area contributed by atoms with Crippen molar-refractivity contribution in [2.45, 2.75) is 46.2 Å². The van der Waals surface area contributed by atoms with Gasteiger partial charge in [-0.1, -0.05) is 24.9 Å². The van der Waals surface area contributed by atoms with Crippen LogP contribution in [0.15, 0.2) is 36.0 Å². The Morgan fingerprint density at radius 2 is 2.14 bits per heavy atom. The molecule has 0 spiro atoms. The topological polar surface area (TPSA) is 72.7 Å². The van der Waals surface area contributed by atoms with Gasteiger partial charge in [-0.25, -0.2) is 4.98 Å². The summed E-state index contributed by atoms with van der Waals surface area (Å²) in [5.74, 6) is -0.199. The molecule has 3 heterocycles. The number of pyridine rings is 1. The fourth-order valence-corrected chi connectivity index (χ4v) is 3.99. The van der Waals surface area contributed by atoms with Crippen molar-refractivity contribution in [3.05, 3.63) is 57.4 Å². The van der Waals surface area contributed by atoms with Crippen molar-refractivity contribution in [2.75, 3.05) is 0 Å². The first-order chi connectivity index (χ1) is 14.0. The summed E-state index contributed by atoms with van der Waals surface area (Å²) in [6.45, 7) is 6.71. The number of hydrogen-bond donors (Lipinski definition) is 1. The Kier molecular flexibility index (Phi) is 7.17. The summed E-state index contributed by atoms with van der Waals surface area (Å²) in [6, 6.07) is 3.63. The highest BCUT2D eigenvalue weighted by atomic mass is 35.5. The third-order valence-electron chi connectivity index (χ3n) is 4.46. The Bertz CT molecular complexity index is 996. The van der Waals surface area contributed by atoms with E-state index in [-0.39, 0.29) is 11.9 Å². The maximum atomic E-state index is 12.4. The van der Waals surface area contributed by atoms with E-state index >= 15 is 0 Å². The molecule has 29 heavy (non-hydrogen) atoms. The molecule has 0 radical (unpaired) electrons. The lowest BCUT2D eigenvalue weighted by Crippen LogP contribution is -2.24. The number of nitrogens with one attached hydrogen (secondary N) is 1. The maximum Gasteiger partial charge on any atom is 0.244 e. The van der Waals surface area contributed by atoms with E-state index in [0.29, 0.717) is 5.15 Å². The first-order valence-corrected chi connectivity index (χ1v) is 10.8. The summed E-state index contributed by atoms with van der Waals surface area (Å²) < 4.78 is 1.79. The van der Waals surface area contributed by atoms with Crippen LogP contribution in [0.5, 0.6) is 0 Å². The summed E-state index contributed by atoms with van der Waals surface area (Å²) in [7, 11) is 0. The molecule has 8 heteroatoms. The molecule has 0 fully saturated rings. The highest BCUT2D eigenvalue weighted by Crippen LogP contribution is 2.25. The Balaban J connectivity index is 1.64. The molecule has 0 aromatic carbocycles. The summed E-state index contributed by atoms with van der Waals surface area (Å²) in [6.07, 6.45) is 8.77. The zero-order valence-corrected chi connectivity index (χ0v) is 18.3. The molecule has 3 rings (SSSR count). The molecule has 3 aromatic rings. The SMILES string of the molecule is CCCCn1nc(C)c(C=CC(=O)NC(C)c2nc(-c3ccncc3)cs2)c1Cl. The molecule has 1 unspecified atom stereocenters. The first kappa shape index (κ1) is 21.2. The summed E-state index contributed by atoms with van der Waals surface area (Å²) in [4.78, 5) is 21.0. The molecule has 3 aromatic heterocycles. The van der Waals surface area contributed by atoms with Gasteiger partial charge in [0.1, 0.15) is 10.2 Å². The zero-order valence-electron chi connectivity index (χ0n) is 16.7. The number of unbranched alkanes of at least 4 members (excludes halogenated alkanes) is 1. The molecule has 0 saturated carbocycles. The number of carbonyl (C=O) groups excluding carboxylic acids is 1. The van der Waals surface area contributed by atoms with E-state index in [0.717, 1.165) is 46.9 Å². The second-order valence-corrected chi connectivity index (χ2v) is 7.98. The minimum absolute atomic E-state index is 0.198. The van der Waals surface area contributed by atoms with Gasteiger partial charge in [0.15, 0.2) is 0 Å². The molecule has 1 N–H and O–H groups in total. The molecular formula is C21H24ClN5OS. The zero-order chi connectivity index (χ0) is 20.8. The van der Waals surface area contributed by atoms with Gasteiger partial charge in [-0.15, -0.1) is 11.3 Å². The molecule has 0 aliphatic rings. The fourth-order valence-electron chi connectivity index (χ4n) is 2.84. The first-order valence-electron chi connectivity index (χ1n) is 9.57. The van der Waals surface area contributed by atoms with Gasteiger partial charge in [0, 0.05) is 41.5 Å². The molecule has 0 saturated heterocycles. The molecule has 0 aliphatic carbocycles. The van der Waals surface area contributed by atoms with Crippen molar-refractivity contribution in [2.24, 2.45) is 0 Å². The van der Waals surface area contributed by atoms with E-state index in [4.69, 9.17) is 11.6 Å². The minimum atomic E-state index is -0.199. The number of hydrogen-bond acceptors (Lipinski definition) is 5. The van der Waals surface area contributed by atoms with Crippen LogP contribution in [0, 0.1) is 6.92 Å². The van der Waals surface area contributed by atoms with Gasteiger partial charge in [0.05, 0.1) is 17.4 Å². The number of aromatic nitrogens is 4. The van der Waals surface area contributed by atoms with Crippen molar-refractivity contribution in [3.8, 4) is 11.3 Å². The van der Waals surface area contributed by atoms with Gasteiger partial charge < -0.3 is 5.32 Å². The van der Waals surface area contributed by atoms with E-state index in [1.54, 1.807) is 23.2 Å². The minimum Gasteiger partial charge on any atom is -0.344 e. The molecular weight excluding hydrogens is 406 g/mol. The Hall–Kier alpha value is -2.51. The van der Waals surface area contributed by atoms with Crippen LogP contribution < -0.4 is 5.32 Å². The van der Waals surface area contributed by atoms with E-state index in [2.05, 4.69) is 27.3 Å². The number of amides is 1. The van der Waals surface area contributed by atoms with Gasteiger partial charge in [0.25, 0.3) is 0 Å². The van der Waals surface area contributed by atoms with Crippen LogP contribution in [-0.4, -0.2) is 25.7 Å². The highest BCUT2D eigenvalue weighted by molar-refractivity contribution is 7.10.